The summed E-state index contributed by atoms with van der Waals surface area (Å²) in [6.45, 7) is 4.05. The number of imidazole rings is 1. The molecule has 0 saturated heterocycles. The molecule has 0 saturated carbocycles. The number of aromatic nitrogens is 3. The van der Waals surface area contributed by atoms with Crippen LogP contribution in [-0.4, -0.2) is 20.2 Å². The highest BCUT2D eigenvalue weighted by Crippen LogP contribution is 2.00. The van der Waals surface area contributed by atoms with E-state index in [-0.39, 0.29) is 0 Å². The van der Waals surface area contributed by atoms with Crippen molar-refractivity contribution in [2.24, 2.45) is 7.05 Å². The minimum Gasteiger partial charge on any atom is -0.357 e. The van der Waals surface area contributed by atoms with Crippen LogP contribution in [0.1, 0.15) is 12.5 Å². The van der Waals surface area contributed by atoms with Crippen molar-refractivity contribution >= 4 is 0 Å². The van der Waals surface area contributed by atoms with E-state index in [1.807, 2.05) is 25.8 Å². The summed E-state index contributed by atoms with van der Waals surface area (Å²) in [6, 6.07) is 2.58. The SMILES string of the molecule is CC(Cn1ccnc1)NCc1ccn(C)c1. The summed E-state index contributed by atoms with van der Waals surface area (Å²) >= 11 is 0. The van der Waals surface area contributed by atoms with Gasteiger partial charge in [-0.15, -0.1) is 0 Å². The van der Waals surface area contributed by atoms with Gasteiger partial charge >= 0.3 is 0 Å². The van der Waals surface area contributed by atoms with Gasteiger partial charge in [-0.1, -0.05) is 0 Å². The average molecular weight is 218 g/mol. The molecule has 2 aromatic heterocycles. The Morgan fingerprint density at radius 1 is 1.44 bits per heavy atom. The molecule has 0 radical (unpaired) electrons. The molecule has 86 valence electrons. The van der Waals surface area contributed by atoms with E-state index >= 15 is 0 Å². The highest BCUT2D eigenvalue weighted by Gasteiger charge is 2.02. The van der Waals surface area contributed by atoms with Crippen LogP contribution in [0.5, 0.6) is 0 Å². The number of aryl methyl sites for hydroxylation is 1. The fourth-order valence-corrected chi connectivity index (χ4v) is 1.73. The maximum Gasteiger partial charge on any atom is 0.0946 e. The molecule has 2 rings (SSSR count). The predicted octanol–water partition coefficient (Wildman–Crippen LogP) is 1.40. The number of nitrogens with one attached hydrogen (secondary N) is 1. The zero-order valence-electron chi connectivity index (χ0n) is 9.80. The molecule has 1 unspecified atom stereocenters. The normalized spacial score (nSPS) is 12.9. The zero-order valence-corrected chi connectivity index (χ0v) is 9.80. The van der Waals surface area contributed by atoms with E-state index in [4.69, 9.17) is 0 Å². The van der Waals surface area contributed by atoms with Gasteiger partial charge in [-0.2, -0.15) is 0 Å². The topological polar surface area (TPSA) is 34.8 Å². The van der Waals surface area contributed by atoms with Gasteiger partial charge in [-0.3, -0.25) is 0 Å². The Labute approximate surface area is 95.9 Å². The van der Waals surface area contributed by atoms with E-state index in [0.29, 0.717) is 6.04 Å². The summed E-state index contributed by atoms with van der Waals surface area (Å²) in [7, 11) is 2.04. The van der Waals surface area contributed by atoms with Gasteiger partial charge in [0.05, 0.1) is 6.33 Å². The first-order chi connectivity index (χ1) is 7.74. The summed E-state index contributed by atoms with van der Waals surface area (Å²) in [5.41, 5.74) is 1.32. The minimum atomic E-state index is 0.439. The Bertz CT molecular complexity index is 416. The number of rotatable bonds is 5. The summed E-state index contributed by atoms with van der Waals surface area (Å²) in [4.78, 5) is 4.03. The fourth-order valence-electron chi connectivity index (χ4n) is 1.73. The van der Waals surface area contributed by atoms with Crippen molar-refractivity contribution in [2.45, 2.75) is 26.1 Å². The van der Waals surface area contributed by atoms with Gasteiger partial charge in [-0.25, -0.2) is 4.98 Å². The molecule has 0 aliphatic carbocycles. The Hall–Kier alpha value is -1.55. The molecule has 4 nitrogen and oxygen atoms in total. The highest BCUT2D eigenvalue weighted by atomic mass is 15.1. The van der Waals surface area contributed by atoms with E-state index in [9.17, 15) is 0 Å². The van der Waals surface area contributed by atoms with Crippen LogP contribution in [0.3, 0.4) is 0 Å². The van der Waals surface area contributed by atoms with Crippen molar-refractivity contribution in [2.75, 3.05) is 0 Å². The second kappa shape index (κ2) is 4.99. The standard InChI is InChI=1S/C12H18N4/c1-11(8-16-6-4-13-10-16)14-7-12-3-5-15(2)9-12/h3-6,9-11,14H,7-8H2,1-2H3. The van der Waals surface area contributed by atoms with Crippen molar-refractivity contribution in [3.05, 3.63) is 42.7 Å². The Balaban J connectivity index is 1.77. The molecule has 1 N–H and O–H groups in total. The Morgan fingerprint density at radius 2 is 2.31 bits per heavy atom. The van der Waals surface area contributed by atoms with Gasteiger partial charge in [0.1, 0.15) is 0 Å². The van der Waals surface area contributed by atoms with Gasteiger partial charge in [0.15, 0.2) is 0 Å². The monoisotopic (exact) mass is 218 g/mol. The smallest absolute Gasteiger partial charge is 0.0946 e. The maximum atomic E-state index is 4.03. The number of hydrogen-bond acceptors (Lipinski definition) is 2. The van der Waals surface area contributed by atoms with Crippen molar-refractivity contribution in [3.63, 3.8) is 0 Å². The minimum absolute atomic E-state index is 0.439. The molecule has 0 bridgehead atoms. The molecule has 0 aliphatic heterocycles. The third-order valence-electron chi connectivity index (χ3n) is 2.59. The number of hydrogen-bond donors (Lipinski definition) is 1. The lowest BCUT2D eigenvalue weighted by atomic mass is 10.3. The summed E-state index contributed by atoms with van der Waals surface area (Å²) in [5, 5.41) is 3.49. The van der Waals surface area contributed by atoms with Crippen molar-refractivity contribution < 1.29 is 0 Å². The second-order valence-electron chi connectivity index (χ2n) is 4.23. The molecular weight excluding hydrogens is 200 g/mol. The first kappa shape index (κ1) is 11.0. The van der Waals surface area contributed by atoms with Crippen LogP contribution in [0, 0.1) is 0 Å². The largest absolute Gasteiger partial charge is 0.357 e. The van der Waals surface area contributed by atoms with Crippen LogP contribution < -0.4 is 5.32 Å². The lowest BCUT2D eigenvalue weighted by Gasteiger charge is -2.13. The van der Waals surface area contributed by atoms with Gasteiger partial charge < -0.3 is 14.5 Å². The van der Waals surface area contributed by atoms with Crippen molar-refractivity contribution in [1.29, 1.82) is 0 Å². The second-order valence-corrected chi connectivity index (χ2v) is 4.23. The summed E-state index contributed by atoms with van der Waals surface area (Å²) in [5.74, 6) is 0. The Morgan fingerprint density at radius 3 is 2.94 bits per heavy atom. The van der Waals surface area contributed by atoms with Crippen LogP contribution in [0.15, 0.2) is 37.2 Å². The summed E-state index contributed by atoms with van der Waals surface area (Å²) < 4.78 is 4.15. The van der Waals surface area contributed by atoms with E-state index in [0.717, 1.165) is 13.1 Å². The highest BCUT2D eigenvalue weighted by molar-refractivity contribution is 5.09. The van der Waals surface area contributed by atoms with Gasteiger partial charge in [-0.05, 0) is 18.6 Å². The third kappa shape index (κ3) is 2.97. The molecule has 16 heavy (non-hydrogen) atoms. The predicted molar refractivity (Wildman–Crippen MR) is 63.9 cm³/mol. The van der Waals surface area contributed by atoms with Crippen molar-refractivity contribution in [3.8, 4) is 0 Å². The van der Waals surface area contributed by atoms with Crippen LogP contribution in [0.2, 0.25) is 0 Å². The number of nitrogens with zero attached hydrogens (tertiary/aromatic N) is 3. The lowest BCUT2D eigenvalue weighted by molar-refractivity contribution is 0.476. The molecule has 0 fully saturated rings. The van der Waals surface area contributed by atoms with E-state index < -0.39 is 0 Å². The van der Waals surface area contributed by atoms with Crippen LogP contribution in [0.4, 0.5) is 0 Å². The van der Waals surface area contributed by atoms with Crippen molar-refractivity contribution in [1.82, 2.24) is 19.4 Å². The van der Waals surface area contributed by atoms with E-state index in [1.165, 1.54) is 5.56 Å². The third-order valence-corrected chi connectivity index (χ3v) is 2.59. The molecule has 0 aromatic carbocycles. The maximum absolute atomic E-state index is 4.03. The summed E-state index contributed by atoms with van der Waals surface area (Å²) in [6.07, 6.45) is 9.85. The molecule has 0 spiro atoms. The molecule has 1 atom stereocenters. The molecule has 0 amide bonds. The molecular formula is C12H18N4. The van der Waals surface area contributed by atoms with Crippen LogP contribution in [0.25, 0.3) is 0 Å². The first-order valence-electron chi connectivity index (χ1n) is 5.54. The molecule has 2 aromatic rings. The van der Waals surface area contributed by atoms with E-state index in [2.05, 4.69) is 44.8 Å². The van der Waals surface area contributed by atoms with Gasteiger partial charge in [0, 0.05) is 51.0 Å². The molecule has 0 aliphatic rings. The average Bonchev–Trinajstić information content (AvgIpc) is 2.87. The zero-order chi connectivity index (χ0) is 11.4. The van der Waals surface area contributed by atoms with E-state index in [1.54, 1.807) is 0 Å². The van der Waals surface area contributed by atoms with Gasteiger partial charge in [0.2, 0.25) is 0 Å². The van der Waals surface area contributed by atoms with Gasteiger partial charge in [0.25, 0.3) is 0 Å². The lowest BCUT2D eigenvalue weighted by Crippen LogP contribution is -2.29. The van der Waals surface area contributed by atoms with Crippen LogP contribution >= 0.6 is 0 Å². The fraction of sp³-hybridized carbons (Fsp3) is 0.417. The molecule has 2 heterocycles. The first-order valence-corrected chi connectivity index (χ1v) is 5.54. The quantitative estimate of drug-likeness (QED) is 0.823. The van der Waals surface area contributed by atoms with Crippen LogP contribution in [-0.2, 0) is 20.1 Å². The molecule has 4 heteroatoms. The Kier molecular flexibility index (Phi) is 3.41.